The number of sulfone groups is 1. The SMILES string of the molecule is Cc1ccc(C)c(S(=O)(=O)C2(C(=O)N3CCc4ccccc43)CCCC2)c1. The third-order valence-corrected chi connectivity index (χ3v) is 8.71. The maximum absolute atomic E-state index is 13.8. The molecule has 2 aromatic rings. The first kappa shape index (κ1) is 18.2. The summed E-state index contributed by atoms with van der Waals surface area (Å²) in [5.41, 5.74) is 3.58. The van der Waals surface area contributed by atoms with E-state index in [4.69, 9.17) is 0 Å². The van der Waals surface area contributed by atoms with Gasteiger partial charge < -0.3 is 4.90 Å². The molecule has 27 heavy (non-hydrogen) atoms. The first-order valence-corrected chi connectivity index (χ1v) is 11.1. The molecule has 0 aromatic heterocycles. The molecule has 2 aliphatic rings. The van der Waals surface area contributed by atoms with Gasteiger partial charge in [0, 0.05) is 12.2 Å². The molecule has 1 heterocycles. The molecule has 1 saturated carbocycles. The van der Waals surface area contributed by atoms with Crippen molar-refractivity contribution in [2.75, 3.05) is 11.4 Å². The number of rotatable bonds is 3. The molecular formula is C22H25NO3S. The number of para-hydroxylation sites is 1. The lowest BCUT2D eigenvalue weighted by molar-refractivity contribution is -0.120. The first-order chi connectivity index (χ1) is 12.9. The Morgan fingerprint density at radius 3 is 2.48 bits per heavy atom. The minimum absolute atomic E-state index is 0.245. The first-order valence-electron chi connectivity index (χ1n) is 9.59. The summed E-state index contributed by atoms with van der Waals surface area (Å²) < 4.78 is 26.2. The Labute approximate surface area is 161 Å². The highest BCUT2D eigenvalue weighted by atomic mass is 32.2. The highest BCUT2D eigenvalue weighted by Gasteiger charge is 2.55. The fourth-order valence-electron chi connectivity index (χ4n) is 4.55. The van der Waals surface area contributed by atoms with Gasteiger partial charge in [-0.25, -0.2) is 8.42 Å². The Morgan fingerprint density at radius 1 is 1.04 bits per heavy atom. The molecule has 1 amide bonds. The summed E-state index contributed by atoms with van der Waals surface area (Å²) in [6.07, 6.45) is 3.12. The summed E-state index contributed by atoms with van der Waals surface area (Å²) in [6.45, 7) is 4.26. The number of amides is 1. The number of hydrogen-bond acceptors (Lipinski definition) is 3. The summed E-state index contributed by atoms with van der Waals surface area (Å²) in [6, 6.07) is 13.3. The maximum atomic E-state index is 13.8. The molecule has 142 valence electrons. The largest absolute Gasteiger partial charge is 0.310 e. The van der Waals surface area contributed by atoms with Crippen molar-refractivity contribution >= 4 is 21.4 Å². The smallest absolute Gasteiger partial charge is 0.248 e. The number of hydrogen-bond donors (Lipinski definition) is 0. The van der Waals surface area contributed by atoms with Crippen molar-refractivity contribution in [2.24, 2.45) is 0 Å². The van der Waals surface area contributed by atoms with Crippen molar-refractivity contribution < 1.29 is 13.2 Å². The number of carbonyl (C=O) groups is 1. The lowest BCUT2D eigenvalue weighted by atomic mass is 10.1. The van der Waals surface area contributed by atoms with Gasteiger partial charge in [-0.15, -0.1) is 0 Å². The predicted octanol–water partition coefficient (Wildman–Crippen LogP) is 3.98. The molecule has 5 heteroatoms. The molecule has 4 rings (SSSR count). The van der Waals surface area contributed by atoms with Gasteiger partial charge in [0.1, 0.15) is 0 Å². The molecule has 0 saturated heterocycles. The van der Waals surface area contributed by atoms with Crippen molar-refractivity contribution in [3.63, 3.8) is 0 Å². The van der Waals surface area contributed by atoms with Crippen LogP contribution in [0.3, 0.4) is 0 Å². The number of carbonyl (C=O) groups excluding carboxylic acids is 1. The van der Waals surface area contributed by atoms with E-state index in [9.17, 15) is 13.2 Å². The quantitative estimate of drug-likeness (QED) is 0.806. The van der Waals surface area contributed by atoms with Crippen LogP contribution in [0.1, 0.15) is 42.4 Å². The van der Waals surface area contributed by atoms with Crippen LogP contribution in [0.4, 0.5) is 5.69 Å². The number of fused-ring (bicyclic) bond motifs is 1. The van der Waals surface area contributed by atoms with Crippen molar-refractivity contribution in [1.82, 2.24) is 0 Å². The van der Waals surface area contributed by atoms with E-state index in [0.29, 0.717) is 29.8 Å². The fourth-order valence-corrected chi connectivity index (χ4v) is 6.97. The highest BCUT2D eigenvalue weighted by Crippen LogP contribution is 2.44. The minimum atomic E-state index is -3.78. The van der Waals surface area contributed by atoms with Crippen molar-refractivity contribution in [3.05, 3.63) is 59.2 Å². The van der Waals surface area contributed by atoms with Crippen molar-refractivity contribution in [1.29, 1.82) is 0 Å². The second-order valence-corrected chi connectivity index (χ2v) is 10.0. The van der Waals surface area contributed by atoms with Gasteiger partial charge in [0.15, 0.2) is 14.6 Å². The summed E-state index contributed by atoms with van der Waals surface area (Å²) in [5, 5.41) is 0. The van der Waals surface area contributed by atoms with E-state index < -0.39 is 14.6 Å². The molecule has 0 radical (unpaired) electrons. The number of nitrogens with zero attached hydrogens (tertiary/aromatic N) is 1. The lowest BCUT2D eigenvalue weighted by Gasteiger charge is -2.33. The van der Waals surface area contributed by atoms with Crippen LogP contribution in [0.5, 0.6) is 0 Å². The zero-order valence-corrected chi connectivity index (χ0v) is 16.7. The second-order valence-electron chi connectivity index (χ2n) is 7.81. The zero-order valence-electron chi connectivity index (χ0n) is 15.9. The van der Waals surface area contributed by atoms with Crippen LogP contribution in [-0.2, 0) is 21.1 Å². The third kappa shape index (κ3) is 2.71. The average molecular weight is 384 g/mol. The van der Waals surface area contributed by atoms with E-state index in [0.717, 1.165) is 36.1 Å². The van der Waals surface area contributed by atoms with Crippen LogP contribution >= 0.6 is 0 Å². The standard InChI is InChI=1S/C22H25NO3S/c1-16-9-10-17(2)20(15-16)27(25,26)22(12-5-6-13-22)21(24)23-14-11-18-7-3-4-8-19(18)23/h3-4,7-10,15H,5-6,11-14H2,1-2H3. The molecule has 0 bridgehead atoms. The molecule has 2 aromatic carbocycles. The zero-order chi connectivity index (χ0) is 19.2. The van der Waals surface area contributed by atoms with Gasteiger partial charge in [-0.2, -0.15) is 0 Å². The number of aryl methyl sites for hydroxylation is 2. The molecule has 0 atom stereocenters. The highest BCUT2D eigenvalue weighted by molar-refractivity contribution is 7.93. The average Bonchev–Trinajstić information content (AvgIpc) is 3.31. The number of benzene rings is 2. The fraction of sp³-hybridized carbons (Fsp3) is 0.409. The van der Waals surface area contributed by atoms with Crippen LogP contribution in [0, 0.1) is 13.8 Å². The summed E-state index contributed by atoms with van der Waals surface area (Å²) in [5.74, 6) is -0.245. The van der Waals surface area contributed by atoms with Gasteiger partial charge >= 0.3 is 0 Å². The minimum Gasteiger partial charge on any atom is -0.310 e. The molecule has 1 aliphatic carbocycles. The van der Waals surface area contributed by atoms with E-state index in [1.54, 1.807) is 11.0 Å². The maximum Gasteiger partial charge on any atom is 0.248 e. The monoisotopic (exact) mass is 383 g/mol. The lowest BCUT2D eigenvalue weighted by Crippen LogP contribution is -2.52. The summed E-state index contributed by atoms with van der Waals surface area (Å²) >= 11 is 0. The van der Waals surface area contributed by atoms with E-state index in [-0.39, 0.29) is 5.91 Å². The van der Waals surface area contributed by atoms with E-state index >= 15 is 0 Å². The molecule has 0 N–H and O–H groups in total. The van der Waals surface area contributed by atoms with E-state index in [2.05, 4.69) is 0 Å². The normalized spacial score (nSPS) is 18.5. The Kier molecular flexibility index (Phi) is 4.38. The summed E-state index contributed by atoms with van der Waals surface area (Å²) in [7, 11) is -3.78. The second kappa shape index (κ2) is 6.48. The summed E-state index contributed by atoms with van der Waals surface area (Å²) in [4.78, 5) is 15.7. The van der Waals surface area contributed by atoms with Gasteiger partial charge in [0.25, 0.3) is 0 Å². The van der Waals surface area contributed by atoms with Gasteiger partial charge in [-0.05, 0) is 61.9 Å². The molecule has 1 aliphatic heterocycles. The predicted molar refractivity (Wildman–Crippen MR) is 107 cm³/mol. The van der Waals surface area contributed by atoms with Crippen LogP contribution in [0.2, 0.25) is 0 Å². The van der Waals surface area contributed by atoms with Crippen LogP contribution in [0.15, 0.2) is 47.4 Å². The molecule has 0 unspecified atom stereocenters. The van der Waals surface area contributed by atoms with Crippen molar-refractivity contribution in [3.8, 4) is 0 Å². The van der Waals surface area contributed by atoms with Crippen LogP contribution < -0.4 is 4.90 Å². The van der Waals surface area contributed by atoms with Gasteiger partial charge in [0.05, 0.1) is 4.90 Å². The number of anilines is 1. The van der Waals surface area contributed by atoms with Gasteiger partial charge in [-0.1, -0.05) is 43.2 Å². The Morgan fingerprint density at radius 2 is 1.74 bits per heavy atom. The topological polar surface area (TPSA) is 54.5 Å². The van der Waals surface area contributed by atoms with Crippen LogP contribution in [0.25, 0.3) is 0 Å². The molecule has 4 nitrogen and oxygen atoms in total. The van der Waals surface area contributed by atoms with Crippen LogP contribution in [-0.4, -0.2) is 25.6 Å². The molecule has 0 spiro atoms. The third-order valence-electron chi connectivity index (χ3n) is 6.08. The Hall–Kier alpha value is -2.14. The molecular weight excluding hydrogens is 358 g/mol. The Bertz CT molecular complexity index is 1000. The molecule has 1 fully saturated rings. The van der Waals surface area contributed by atoms with E-state index in [1.165, 1.54) is 0 Å². The Balaban J connectivity index is 1.82. The van der Waals surface area contributed by atoms with Gasteiger partial charge in [0.2, 0.25) is 5.91 Å². The van der Waals surface area contributed by atoms with E-state index in [1.807, 2.05) is 50.2 Å². The van der Waals surface area contributed by atoms with Gasteiger partial charge in [-0.3, -0.25) is 4.79 Å². The van der Waals surface area contributed by atoms with Crippen molar-refractivity contribution in [2.45, 2.75) is 55.6 Å².